The molecular weight excluding hydrogens is 563 g/mol. The Kier molecular flexibility index (Phi) is 8.42. The van der Waals surface area contributed by atoms with E-state index >= 15 is 0 Å². The van der Waals surface area contributed by atoms with Crippen LogP contribution in [-0.4, -0.2) is 51.8 Å². The van der Waals surface area contributed by atoms with Gasteiger partial charge in [-0.25, -0.2) is 18.2 Å². The number of hydrogen-bond acceptors (Lipinski definition) is 3. The Labute approximate surface area is 258 Å². The number of hydrogen-bond donors (Lipinski definition) is 0. The number of likely N-dealkylation sites (tertiary alicyclic amines) is 2. The van der Waals surface area contributed by atoms with Gasteiger partial charge in [-0.15, -0.1) is 0 Å². The second kappa shape index (κ2) is 11.7. The summed E-state index contributed by atoms with van der Waals surface area (Å²) in [7, 11) is 0. The summed E-state index contributed by atoms with van der Waals surface area (Å²) in [5.41, 5.74) is 1.04. The molecule has 2 aliphatic rings. The van der Waals surface area contributed by atoms with Crippen molar-refractivity contribution < 1.29 is 22.8 Å². The van der Waals surface area contributed by atoms with Crippen LogP contribution in [0.5, 0.6) is 0 Å². The van der Waals surface area contributed by atoms with Crippen LogP contribution in [-0.2, 0) is 10.8 Å². The van der Waals surface area contributed by atoms with Gasteiger partial charge in [0, 0.05) is 30.7 Å². The van der Waals surface area contributed by atoms with Gasteiger partial charge in [0.15, 0.2) is 0 Å². The molecule has 5 rings (SSSR count). The molecule has 1 atom stereocenters. The minimum atomic E-state index is -0.949. The molecule has 1 unspecified atom stereocenters. The van der Waals surface area contributed by atoms with E-state index in [0.717, 1.165) is 48.6 Å². The first-order valence-electron chi connectivity index (χ1n) is 15.5. The molecule has 1 aromatic heterocycles. The summed E-state index contributed by atoms with van der Waals surface area (Å²) in [5, 5.41) is 0. The fraction of sp³-hybridized carbons (Fsp3) is 0.472. The monoisotopic (exact) mass is 605 g/mol. The Bertz CT molecular complexity index is 1540. The maximum Gasteiger partial charge on any atom is 0.272 e. The fourth-order valence-electron chi connectivity index (χ4n) is 6.56. The van der Waals surface area contributed by atoms with Crippen molar-refractivity contribution in [2.45, 2.75) is 90.0 Å². The highest BCUT2D eigenvalue weighted by molar-refractivity contribution is 5.95. The van der Waals surface area contributed by atoms with Crippen molar-refractivity contribution in [2.24, 2.45) is 0 Å². The van der Waals surface area contributed by atoms with Crippen molar-refractivity contribution in [3.8, 4) is 11.3 Å². The second-order valence-corrected chi connectivity index (χ2v) is 14.4. The summed E-state index contributed by atoms with van der Waals surface area (Å²) in [4.78, 5) is 35.7. The number of rotatable bonds is 3. The molecule has 2 aliphatic heterocycles. The van der Waals surface area contributed by atoms with E-state index in [-0.39, 0.29) is 22.4 Å². The predicted octanol–water partition coefficient (Wildman–Crippen LogP) is 8.06. The molecule has 234 valence electrons. The van der Waals surface area contributed by atoms with Crippen LogP contribution in [0.4, 0.5) is 13.2 Å². The van der Waals surface area contributed by atoms with Gasteiger partial charge in [-0.2, -0.15) is 0 Å². The highest BCUT2D eigenvalue weighted by Crippen LogP contribution is 2.40. The molecule has 2 saturated heterocycles. The van der Waals surface area contributed by atoms with Gasteiger partial charge in [-0.3, -0.25) is 9.59 Å². The number of amides is 2. The minimum Gasteiger partial charge on any atom is -0.339 e. The molecule has 0 bridgehead atoms. The third-order valence-corrected chi connectivity index (χ3v) is 9.22. The quantitative estimate of drug-likeness (QED) is 0.304. The normalized spacial score (nSPS) is 19.4. The number of pyridine rings is 1. The van der Waals surface area contributed by atoms with E-state index in [1.165, 1.54) is 12.1 Å². The molecular formula is C36H42F3N3O2. The number of aromatic nitrogens is 1. The molecule has 0 radical (unpaired) electrons. The summed E-state index contributed by atoms with van der Waals surface area (Å²) >= 11 is 0. The minimum absolute atomic E-state index is 0.00807. The van der Waals surface area contributed by atoms with Crippen molar-refractivity contribution in [3.05, 3.63) is 88.4 Å². The number of carbonyl (C=O) groups is 2. The Morgan fingerprint density at radius 1 is 0.727 bits per heavy atom. The highest BCUT2D eigenvalue weighted by Gasteiger charge is 2.45. The Morgan fingerprint density at radius 2 is 1.32 bits per heavy atom. The van der Waals surface area contributed by atoms with Crippen LogP contribution in [0.1, 0.15) is 106 Å². The summed E-state index contributed by atoms with van der Waals surface area (Å²) in [5.74, 6) is -3.21. The van der Waals surface area contributed by atoms with Gasteiger partial charge in [-0.05, 0) is 90.5 Å². The number of carbonyl (C=O) groups excluding carboxylic acids is 2. The van der Waals surface area contributed by atoms with Crippen LogP contribution in [0.3, 0.4) is 0 Å². The zero-order valence-electron chi connectivity index (χ0n) is 26.6. The van der Waals surface area contributed by atoms with E-state index < -0.39 is 40.2 Å². The van der Waals surface area contributed by atoms with Gasteiger partial charge in [-0.1, -0.05) is 53.7 Å². The molecule has 2 aromatic carbocycles. The van der Waals surface area contributed by atoms with Crippen LogP contribution in [0, 0.1) is 17.5 Å². The van der Waals surface area contributed by atoms with Crippen molar-refractivity contribution in [2.75, 3.05) is 19.6 Å². The van der Waals surface area contributed by atoms with Crippen molar-refractivity contribution in [1.29, 1.82) is 0 Å². The van der Waals surface area contributed by atoms with Gasteiger partial charge >= 0.3 is 0 Å². The Hall–Kier alpha value is -3.68. The zero-order chi connectivity index (χ0) is 32.0. The predicted molar refractivity (Wildman–Crippen MR) is 166 cm³/mol. The second-order valence-electron chi connectivity index (χ2n) is 14.4. The highest BCUT2D eigenvalue weighted by atomic mass is 19.1. The van der Waals surface area contributed by atoms with E-state index in [0.29, 0.717) is 38.0 Å². The lowest BCUT2D eigenvalue weighted by Crippen LogP contribution is -2.48. The van der Waals surface area contributed by atoms with E-state index in [2.05, 4.69) is 52.6 Å². The van der Waals surface area contributed by atoms with Crippen LogP contribution in [0.25, 0.3) is 11.3 Å². The molecule has 0 N–H and O–H groups in total. The molecule has 0 saturated carbocycles. The first kappa shape index (κ1) is 31.7. The van der Waals surface area contributed by atoms with Crippen LogP contribution in [0.15, 0.2) is 48.5 Å². The van der Waals surface area contributed by atoms with Crippen molar-refractivity contribution >= 4 is 11.8 Å². The molecule has 3 heterocycles. The summed E-state index contributed by atoms with van der Waals surface area (Å²) in [6, 6.07) is 11.8. The van der Waals surface area contributed by atoms with Gasteiger partial charge in [0.25, 0.3) is 11.8 Å². The molecule has 5 nitrogen and oxygen atoms in total. The van der Waals surface area contributed by atoms with Crippen LogP contribution >= 0.6 is 0 Å². The van der Waals surface area contributed by atoms with E-state index in [1.807, 2.05) is 17.0 Å². The standard InChI is InChI=1S/C36H42F3N3O2/c1-34(2,3)24-20-23(21-25(22-24)35(4,5)6)32(43)41-17-8-14-36(16-19-41)15-9-18-42(36)33(44)29-13-12-28(39)31(40-29)30-26(37)10-7-11-27(30)38/h7,10-13,20-22H,8-9,14-19H2,1-6H3. The van der Waals surface area contributed by atoms with Gasteiger partial charge in [0.2, 0.25) is 0 Å². The summed E-state index contributed by atoms with van der Waals surface area (Å²) < 4.78 is 43.7. The van der Waals surface area contributed by atoms with Gasteiger partial charge in [0.1, 0.15) is 28.8 Å². The Morgan fingerprint density at radius 3 is 1.91 bits per heavy atom. The van der Waals surface area contributed by atoms with Crippen LogP contribution in [0.2, 0.25) is 0 Å². The maximum absolute atomic E-state index is 14.7. The van der Waals surface area contributed by atoms with E-state index in [4.69, 9.17) is 0 Å². The molecule has 2 amide bonds. The average molecular weight is 606 g/mol. The smallest absolute Gasteiger partial charge is 0.272 e. The van der Waals surface area contributed by atoms with Gasteiger partial charge in [0.05, 0.1) is 5.56 Å². The van der Waals surface area contributed by atoms with Crippen molar-refractivity contribution in [3.63, 3.8) is 0 Å². The molecule has 44 heavy (non-hydrogen) atoms. The lowest BCUT2D eigenvalue weighted by atomic mass is 9.79. The first-order valence-corrected chi connectivity index (χ1v) is 15.5. The third kappa shape index (κ3) is 6.13. The summed E-state index contributed by atoms with van der Waals surface area (Å²) in [6.45, 7) is 14.5. The largest absolute Gasteiger partial charge is 0.339 e. The van der Waals surface area contributed by atoms with Crippen molar-refractivity contribution in [1.82, 2.24) is 14.8 Å². The Balaban J connectivity index is 1.40. The molecule has 1 spiro atoms. The topological polar surface area (TPSA) is 53.5 Å². The number of nitrogens with zero attached hydrogens (tertiary/aromatic N) is 3. The SMILES string of the molecule is CC(C)(C)c1cc(C(=O)N2CCCC3(CCCN3C(=O)c3ccc(F)c(-c4c(F)cccc4F)n3)CC2)cc(C(C)(C)C)c1. The first-order chi connectivity index (χ1) is 20.6. The lowest BCUT2D eigenvalue weighted by molar-refractivity contribution is 0.0549. The van der Waals surface area contributed by atoms with Gasteiger partial charge < -0.3 is 9.80 Å². The number of benzene rings is 2. The van der Waals surface area contributed by atoms with Crippen LogP contribution < -0.4 is 0 Å². The zero-order valence-corrected chi connectivity index (χ0v) is 26.6. The maximum atomic E-state index is 14.7. The fourth-order valence-corrected chi connectivity index (χ4v) is 6.56. The van der Waals surface area contributed by atoms with E-state index in [9.17, 15) is 22.8 Å². The van der Waals surface area contributed by atoms with E-state index in [1.54, 1.807) is 4.90 Å². The molecule has 2 fully saturated rings. The molecule has 8 heteroatoms. The molecule has 3 aromatic rings. The number of halogens is 3. The average Bonchev–Trinajstić information content (AvgIpc) is 3.24. The third-order valence-electron chi connectivity index (χ3n) is 9.22. The lowest BCUT2D eigenvalue weighted by Gasteiger charge is -2.38. The molecule has 0 aliphatic carbocycles. The summed E-state index contributed by atoms with van der Waals surface area (Å²) in [6.07, 6.45) is 3.62.